The zero-order chi connectivity index (χ0) is 15.5. The molecule has 0 bridgehead atoms. The van der Waals surface area contributed by atoms with Crippen LogP contribution >= 0.6 is 0 Å². The Morgan fingerprint density at radius 2 is 1.73 bits per heavy atom. The number of piperazine rings is 1. The van der Waals surface area contributed by atoms with Gasteiger partial charge in [0.25, 0.3) is 0 Å². The fourth-order valence-electron chi connectivity index (χ4n) is 3.60. The summed E-state index contributed by atoms with van der Waals surface area (Å²) in [5.41, 5.74) is 2.27. The van der Waals surface area contributed by atoms with Crippen LogP contribution in [-0.4, -0.2) is 61.0 Å². The Morgan fingerprint density at radius 1 is 1.05 bits per heavy atom. The largest absolute Gasteiger partial charge is 0.310 e. The maximum Gasteiger partial charge on any atom is 0.241 e. The van der Waals surface area contributed by atoms with Crippen LogP contribution in [-0.2, 0) is 4.79 Å². The number of carbonyl (C=O) groups excluding carboxylic acids is 1. The summed E-state index contributed by atoms with van der Waals surface area (Å²) in [6.45, 7) is 10.2. The van der Waals surface area contributed by atoms with Crippen LogP contribution < -0.4 is 4.90 Å². The van der Waals surface area contributed by atoms with E-state index in [1.165, 1.54) is 31.5 Å². The van der Waals surface area contributed by atoms with E-state index in [9.17, 15) is 4.79 Å². The standard InChI is InChI=1S/C18H27N3O/c1-3-19-10-8-16(9-11-19)20-12-13-21(18(22)14-20)17-6-4-15(2)5-7-17/h4-7,16H,3,8-14H2,1-2H3. The van der Waals surface area contributed by atoms with Crippen molar-refractivity contribution in [3.05, 3.63) is 29.8 Å². The van der Waals surface area contributed by atoms with E-state index in [2.05, 4.69) is 47.9 Å². The van der Waals surface area contributed by atoms with E-state index in [0.717, 1.165) is 25.3 Å². The number of benzene rings is 1. The van der Waals surface area contributed by atoms with E-state index in [0.29, 0.717) is 12.6 Å². The van der Waals surface area contributed by atoms with Gasteiger partial charge in [-0.3, -0.25) is 9.69 Å². The number of hydrogen-bond donors (Lipinski definition) is 0. The van der Waals surface area contributed by atoms with Crippen molar-refractivity contribution < 1.29 is 4.79 Å². The Balaban J connectivity index is 1.58. The smallest absolute Gasteiger partial charge is 0.241 e. The van der Waals surface area contributed by atoms with E-state index in [1.807, 2.05) is 4.90 Å². The minimum Gasteiger partial charge on any atom is -0.310 e. The van der Waals surface area contributed by atoms with Crippen LogP contribution in [0.5, 0.6) is 0 Å². The Morgan fingerprint density at radius 3 is 2.32 bits per heavy atom. The number of rotatable bonds is 3. The Bertz CT molecular complexity index is 506. The minimum absolute atomic E-state index is 0.244. The minimum atomic E-state index is 0.244. The Kier molecular flexibility index (Phi) is 4.79. The molecule has 3 rings (SSSR count). The number of anilines is 1. The molecule has 2 aliphatic heterocycles. The van der Waals surface area contributed by atoms with Gasteiger partial charge in [-0.25, -0.2) is 0 Å². The van der Waals surface area contributed by atoms with Crippen molar-refractivity contribution in [3.8, 4) is 0 Å². The summed E-state index contributed by atoms with van der Waals surface area (Å²) in [4.78, 5) is 19.4. The molecule has 2 heterocycles. The number of piperidine rings is 1. The molecule has 0 spiro atoms. The van der Waals surface area contributed by atoms with Gasteiger partial charge in [-0.15, -0.1) is 0 Å². The third-order valence-corrected chi connectivity index (χ3v) is 5.12. The summed E-state index contributed by atoms with van der Waals surface area (Å²) in [7, 11) is 0. The average Bonchev–Trinajstić information content (AvgIpc) is 2.56. The molecule has 0 atom stereocenters. The molecule has 2 saturated heterocycles. The predicted molar refractivity (Wildman–Crippen MR) is 90.2 cm³/mol. The van der Waals surface area contributed by atoms with Crippen LogP contribution in [0.2, 0.25) is 0 Å². The maximum absolute atomic E-state index is 12.5. The van der Waals surface area contributed by atoms with Gasteiger partial charge in [-0.05, 0) is 51.5 Å². The lowest BCUT2D eigenvalue weighted by Gasteiger charge is -2.42. The van der Waals surface area contributed by atoms with Gasteiger partial charge < -0.3 is 9.80 Å². The summed E-state index contributed by atoms with van der Waals surface area (Å²) in [6, 6.07) is 8.86. The Hall–Kier alpha value is -1.39. The monoisotopic (exact) mass is 301 g/mol. The van der Waals surface area contributed by atoms with Crippen LogP contribution in [0.25, 0.3) is 0 Å². The summed E-state index contributed by atoms with van der Waals surface area (Å²) in [5, 5.41) is 0. The third-order valence-electron chi connectivity index (χ3n) is 5.12. The number of aryl methyl sites for hydroxylation is 1. The number of hydrogen-bond acceptors (Lipinski definition) is 3. The summed E-state index contributed by atoms with van der Waals surface area (Å²) in [5.74, 6) is 0.244. The first-order chi connectivity index (χ1) is 10.7. The summed E-state index contributed by atoms with van der Waals surface area (Å²) in [6.07, 6.45) is 2.40. The van der Waals surface area contributed by atoms with Gasteiger partial charge in [0.1, 0.15) is 0 Å². The molecule has 1 amide bonds. The van der Waals surface area contributed by atoms with Gasteiger partial charge in [0.2, 0.25) is 5.91 Å². The van der Waals surface area contributed by atoms with Crippen molar-refractivity contribution in [2.45, 2.75) is 32.7 Å². The normalized spacial score (nSPS) is 22.3. The second kappa shape index (κ2) is 6.80. The zero-order valence-electron chi connectivity index (χ0n) is 13.8. The van der Waals surface area contributed by atoms with Crippen molar-refractivity contribution in [2.24, 2.45) is 0 Å². The number of carbonyl (C=O) groups is 1. The molecule has 1 aromatic carbocycles. The van der Waals surface area contributed by atoms with Crippen molar-refractivity contribution in [2.75, 3.05) is 44.2 Å². The second-order valence-corrected chi connectivity index (χ2v) is 6.52. The number of likely N-dealkylation sites (tertiary alicyclic amines) is 1. The first-order valence-corrected chi connectivity index (χ1v) is 8.51. The molecule has 22 heavy (non-hydrogen) atoms. The molecule has 0 saturated carbocycles. The topological polar surface area (TPSA) is 26.8 Å². The lowest BCUT2D eigenvalue weighted by Crippen LogP contribution is -2.55. The van der Waals surface area contributed by atoms with E-state index in [-0.39, 0.29) is 5.91 Å². The van der Waals surface area contributed by atoms with Crippen LogP contribution in [0.15, 0.2) is 24.3 Å². The first kappa shape index (κ1) is 15.5. The fraction of sp³-hybridized carbons (Fsp3) is 0.611. The van der Waals surface area contributed by atoms with Gasteiger partial charge in [0, 0.05) is 24.8 Å². The van der Waals surface area contributed by atoms with E-state index >= 15 is 0 Å². The highest BCUT2D eigenvalue weighted by Gasteiger charge is 2.31. The van der Waals surface area contributed by atoms with Crippen LogP contribution in [0.1, 0.15) is 25.3 Å². The van der Waals surface area contributed by atoms with Crippen LogP contribution in [0.4, 0.5) is 5.69 Å². The van der Waals surface area contributed by atoms with Crippen molar-refractivity contribution in [3.63, 3.8) is 0 Å². The van der Waals surface area contributed by atoms with Gasteiger partial charge >= 0.3 is 0 Å². The van der Waals surface area contributed by atoms with Crippen molar-refractivity contribution in [1.29, 1.82) is 0 Å². The van der Waals surface area contributed by atoms with Gasteiger partial charge in [-0.2, -0.15) is 0 Å². The molecule has 2 aliphatic rings. The molecule has 2 fully saturated rings. The number of amides is 1. The third kappa shape index (κ3) is 3.33. The summed E-state index contributed by atoms with van der Waals surface area (Å²) >= 11 is 0. The SMILES string of the molecule is CCN1CCC(N2CCN(c3ccc(C)cc3)C(=O)C2)CC1. The molecular formula is C18H27N3O. The highest BCUT2D eigenvalue weighted by molar-refractivity contribution is 5.95. The molecule has 120 valence electrons. The predicted octanol–water partition coefficient (Wildman–Crippen LogP) is 2.13. The molecule has 0 radical (unpaired) electrons. The molecule has 0 N–H and O–H groups in total. The average molecular weight is 301 g/mol. The molecule has 4 nitrogen and oxygen atoms in total. The zero-order valence-corrected chi connectivity index (χ0v) is 13.8. The lowest BCUT2D eigenvalue weighted by atomic mass is 10.0. The lowest BCUT2D eigenvalue weighted by molar-refractivity contribution is -0.122. The highest BCUT2D eigenvalue weighted by atomic mass is 16.2. The van der Waals surface area contributed by atoms with Crippen LogP contribution in [0, 0.1) is 6.92 Å². The summed E-state index contributed by atoms with van der Waals surface area (Å²) < 4.78 is 0. The van der Waals surface area contributed by atoms with Gasteiger partial charge in [-0.1, -0.05) is 24.6 Å². The van der Waals surface area contributed by atoms with Gasteiger partial charge in [0.05, 0.1) is 6.54 Å². The molecule has 0 aromatic heterocycles. The molecule has 4 heteroatoms. The van der Waals surface area contributed by atoms with Crippen LogP contribution in [0.3, 0.4) is 0 Å². The molecule has 1 aromatic rings. The van der Waals surface area contributed by atoms with Crippen molar-refractivity contribution in [1.82, 2.24) is 9.80 Å². The molecular weight excluding hydrogens is 274 g/mol. The number of nitrogens with zero attached hydrogens (tertiary/aromatic N) is 3. The quantitative estimate of drug-likeness (QED) is 0.856. The van der Waals surface area contributed by atoms with Gasteiger partial charge in [0.15, 0.2) is 0 Å². The van der Waals surface area contributed by atoms with E-state index in [4.69, 9.17) is 0 Å². The first-order valence-electron chi connectivity index (χ1n) is 8.51. The maximum atomic E-state index is 12.5. The van der Waals surface area contributed by atoms with E-state index < -0.39 is 0 Å². The fourth-order valence-corrected chi connectivity index (χ4v) is 3.60. The molecule has 0 aliphatic carbocycles. The molecule has 0 unspecified atom stereocenters. The second-order valence-electron chi connectivity index (χ2n) is 6.52. The van der Waals surface area contributed by atoms with Crippen molar-refractivity contribution >= 4 is 11.6 Å². The Labute approximate surface area is 133 Å². The highest BCUT2D eigenvalue weighted by Crippen LogP contribution is 2.22. The van der Waals surface area contributed by atoms with E-state index in [1.54, 1.807) is 0 Å².